The van der Waals surface area contributed by atoms with Crippen molar-refractivity contribution in [2.45, 2.75) is 406 Å². The minimum absolute atomic E-state index is 0.0674. The second-order valence-electron chi connectivity index (χ2n) is 24.5. The van der Waals surface area contributed by atoms with E-state index in [9.17, 15) is 14.4 Å². The molecule has 0 aromatic rings. The van der Waals surface area contributed by atoms with Gasteiger partial charge in [0, 0.05) is 19.3 Å². The van der Waals surface area contributed by atoms with Gasteiger partial charge in [0.15, 0.2) is 6.10 Å². The van der Waals surface area contributed by atoms with Crippen LogP contribution in [0.1, 0.15) is 400 Å². The van der Waals surface area contributed by atoms with E-state index in [4.69, 9.17) is 14.2 Å². The summed E-state index contributed by atoms with van der Waals surface area (Å²) in [4.78, 5) is 38.4. The van der Waals surface area contributed by atoms with Crippen molar-refractivity contribution in [1.82, 2.24) is 0 Å². The zero-order chi connectivity index (χ0) is 57.8. The summed E-state index contributed by atoms with van der Waals surface area (Å²) < 4.78 is 17.0. The van der Waals surface area contributed by atoms with E-state index in [1.807, 2.05) is 0 Å². The van der Waals surface area contributed by atoms with Crippen LogP contribution in [0, 0.1) is 0 Å². The summed E-state index contributed by atoms with van der Waals surface area (Å²) in [5, 5.41) is 0. The number of ether oxygens (including phenoxy) is 3. The number of carbonyl (C=O) groups is 3. The van der Waals surface area contributed by atoms with Crippen LogP contribution in [0.4, 0.5) is 0 Å². The molecule has 0 saturated heterocycles. The molecule has 0 aliphatic heterocycles. The second-order valence-corrected chi connectivity index (χ2v) is 24.5. The van der Waals surface area contributed by atoms with Crippen molar-refractivity contribution in [3.05, 3.63) is 36.5 Å². The van der Waals surface area contributed by atoms with Crippen LogP contribution in [0.2, 0.25) is 0 Å². The third kappa shape index (κ3) is 66.4. The molecular formula is C74H138O6. The summed E-state index contributed by atoms with van der Waals surface area (Å²) in [5.74, 6) is -0.840. The zero-order valence-electron chi connectivity index (χ0n) is 54.1. The van der Waals surface area contributed by atoms with Crippen LogP contribution in [0.15, 0.2) is 36.5 Å². The maximum Gasteiger partial charge on any atom is 0.306 e. The van der Waals surface area contributed by atoms with Crippen molar-refractivity contribution in [2.24, 2.45) is 0 Å². The Morgan fingerprint density at radius 3 is 0.700 bits per heavy atom. The molecule has 0 bridgehead atoms. The van der Waals surface area contributed by atoms with E-state index in [1.165, 1.54) is 295 Å². The number of esters is 3. The van der Waals surface area contributed by atoms with Gasteiger partial charge in [0.2, 0.25) is 0 Å². The summed E-state index contributed by atoms with van der Waals surface area (Å²) >= 11 is 0. The lowest BCUT2D eigenvalue weighted by molar-refractivity contribution is -0.167. The zero-order valence-corrected chi connectivity index (χ0v) is 54.1. The summed E-state index contributed by atoms with van der Waals surface area (Å²) in [6.45, 7) is 6.70. The summed E-state index contributed by atoms with van der Waals surface area (Å²) in [7, 11) is 0. The highest BCUT2D eigenvalue weighted by Crippen LogP contribution is 2.18. The Balaban J connectivity index is 4.19. The molecule has 0 heterocycles. The van der Waals surface area contributed by atoms with Crippen molar-refractivity contribution >= 4 is 17.9 Å². The lowest BCUT2D eigenvalue weighted by atomic mass is 10.0. The van der Waals surface area contributed by atoms with E-state index in [0.29, 0.717) is 19.3 Å². The minimum atomic E-state index is -0.771. The van der Waals surface area contributed by atoms with Crippen molar-refractivity contribution in [2.75, 3.05) is 13.2 Å². The molecule has 0 rings (SSSR count). The monoisotopic (exact) mass is 1120 g/mol. The number of hydrogen-bond acceptors (Lipinski definition) is 6. The van der Waals surface area contributed by atoms with Gasteiger partial charge in [0.25, 0.3) is 0 Å². The van der Waals surface area contributed by atoms with Crippen LogP contribution >= 0.6 is 0 Å². The van der Waals surface area contributed by atoms with E-state index in [1.54, 1.807) is 0 Å². The molecule has 0 radical (unpaired) electrons. The normalized spacial score (nSPS) is 12.2. The molecule has 0 amide bonds. The Morgan fingerprint density at radius 2 is 0.450 bits per heavy atom. The first kappa shape index (κ1) is 77.6. The first-order chi connectivity index (χ1) is 39.5. The SMILES string of the molecule is CCCCCCC/C=C\C/C=C\CCCCCCCCCCCCCC(=O)OC(COC(=O)CCCCCCCCCCCCCC)COC(=O)CCCCCCCCCCCCCCCCC/C=C\CCCCCCCCCC. The van der Waals surface area contributed by atoms with E-state index in [-0.39, 0.29) is 31.1 Å². The second kappa shape index (κ2) is 69.1. The van der Waals surface area contributed by atoms with Gasteiger partial charge in [-0.2, -0.15) is 0 Å². The molecule has 0 N–H and O–H groups in total. The average molecular weight is 1120 g/mol. The Hall–Kier alpha value is -2.37. The molecule has 0 aliphatic rings. The fourth-order valence-corrected chi connectivity index (χ4v) is 10.9. The van der Waals surface area contributed by atoms with E-state index in [0.717, 1.165) is 64.2 Å². The Labute approximate surface area is 499 Å². The standard InChI is InChI=1S/C74H138O6/c1-4-7-10-13-16-19-22-25-27-29-31-33-35-36-37-38-40-41-43-45-47-49-52-55-58-61-64-67-73(76)79-70-71(69-78-72(75)66-63-60-57-54-51-24-21-18-15-12-9-6-3)80-74(77)68-65-62-59-56-53-50-48-46-44-42-39-34-32-30-28-26-23-20-17-14-11-8-5-2/h23,26,29-32,71H,4-22,24-25,27-28,33-70H2,1-3H3/b26-23-,31-29-,32-30-. The van der Waals surface area contributed by atoms with Crippen LogP contribution < -0.4 is 0 Å². The molecule has 0 fully saturated rings. The molecule has 0 spiro atoms. The molecule has 6 heteroatoms. The van der Waals surface area contributed by atoms with Crippen LogP contribution in [0.25, 0.3) is 0 Å². The van der Waals surface area contributed by atoms with Gasteiger partial charge >= 0.3 is 17.9 Å². The first-order valence-corrected chi connectivity index (χ1v) is 36.0. The van der Waals surface area contributed by atoms with Gasteiger partial charge in [-0.05, 0) is 77.0 Å². The maximum absolute atomic E-state index is 12.9. The molecule has 1 atom stereocenters. The van der Waals surface area contributed by atoms with Crippen LogP contribution in [0.3, 0.4) is 0 Å². The Morgan fingerprint density at radius 1 is 0.250 bits per heavy atom. The molecule has 0 aromatic heterocycles. The van der Waals surface area contributed by atoms with Gasteiger partial charge in [-0.1, -0.05) is 340 Å². The predicted octanol–water partition coefficient (Wildman–Crippen LogP) is 24.7. The van der Waals surface area contributed by atoms with Gasteiger partial charge in [0.05, 0.1) is 0 Å². The predicted molar refractivity (Wildman–Crippen MR) is 349 cm³/mol. The average Bonchev–Trinajstić information content (AvgIpc) is 3.46. The highest BCUT2D eigenvalue weighted by molar-refractivity contribution is 5.71. The van der Waals surface area contributed by atoms with E-state index < -0.39 is 6.10 Å². The topological polar surface area (TPSA) is 78.9 Å². The maximum atomic E-state index is 12.9. The number of rotatable bonds is 67. The van der Waals surface area contributed by atoms with Crippen molar-refractivity contribution in [1.29, 1.82) is 0 Å². The number of carbonyl (C=O) groups excluding carboxylic acids is 3. The van der Waals surface area contributed by atoms with E-state index in [2.05, 4.69) is 57.2 Å². The van der Waals surface area contributed by atoms with E-state index >= 15 is 0 Å². The lowest BCUT2D eigenvalue weighted by Crippen LogP contribution is -2.30. The van der Waals surface area contributed by atoms with Gasteiger partial charge in [-0.3, -0.25) is 14.4 Å². The Kier molecular flexibility index (Phi) is 67.1. The van der Waals surface area contributed by atoms with Crippen LogP contribution in [0.5, 0.6) is 0 Å². The quantitative estimate of drug-likeness (QED) is 0.0261. The third-order valence-electron chi connectivity index (χ3n) is 16.4. The van der Waals surface area contributed by atoms with Gasteiger partial charge in [0.1, 0.15) is 13.2 Å². The minimum Gasteiger partial charge on any atom is -0.462 e. The lowest BCUT2D eigenvalue weighted by Gasteiger charge is -2.18. The summed E-state index contributed by atoms with van der Waals surface area (Å²) in [6, 6.07) is 0. The molecule has 1 unspecified atom stereocenters. The van der Waals surface area contributed by atoms with Gasteiger partial charge < -0.3 is 14.2 Å². The first-order valence-electron chi connectivity index (χ1n) is 36.0. The number of unbranched alkanes of at least 4 members (excludes halogenated alkanes) is 50. The largest absolute Gasteiger partial charge is 0.462 e. The molecule has 470 valence electrons. The van der Waals surface area contributed by atoms with Crippen molar-refractivity contribution in [3.8, 4) is 0 Å². The highest BCUT2D eigenvalue weighted by atomic mass is 16.6. The molecule has 0 aliphatic carbocycles. The fraction of sp³-hybridized carbons (Fsp3) is 0.878. The molecule has 0 aromatic carbocycles. The molecular weight excluding hydrogens is 985 g/mol. The molecule has 0 saturated carbocycles. The van der Waals surface area contributed by atoms with Crippen LogP contribution in [-0.2, 0) is 28.6 Å². The third-order valence-corrected chi connectivity index (χ3v) is 16.4. The van der Waals surface area contributed by atoms with Crippen LogP contribution in [-0.4, -0.2) is 37.2 Å². The van der Waals surface area contributed by atoms with Gasteiger partial charge in [-0.15, -0.1) is 0 Å². The van der Waals surface area contributed by atoms with Gasteiger partial charge in [-0.25, -0.2) is 0 Å². The highest BCUT2D eigenvalue weighted by Gasteiger charge is 2.19. The summed E-state index contributed by atoms with van der Waals surface area (Å²) in [5.41, 5.74) is 0. The smallest absolute Gasteiger partial charge is 0.306 e. The molecule has 6 nitrogen and oxygen atoms in total. The number of hydrogen-bond donors (Lipinski definition) is 0. The van der Waals surface area contributed by atoms with Crippen molar-refractivity contribution < 1.29 is 28.6 Å². The van der Waals surface area contributed by atoms with Crippen molar-refractivity contribution in [3.63, 3.8) is 0 Å². The fourth-order valence-electron chi connectivity index (χ4n) is 10.9. The number of allylic oxidation sites excluding steroid dienone is 6. The molecule has 80 heavy (non-hydrogen) atoms. The summed E-state index contributed by atoms with van der Waals surface area (Å²) in [6.07, 6.45) is 86.1. The Bertz CT molecular complexity index is 1340.